The molecule has 0 amide bonds. The molecule has 0 radical (unpaired) electrons. The molecule has 11 nitrogen and oxygen atoms in total. The summed E-state index contributed by atoms with van der Waals surface area (Å²) in [7, 11) is -1.09. The van der Waals surface area contributed by atoms with Crippen LogP contribution in [0.2, 0.25) is 0 Å². The molecule has 0 fully saturated rings. The summed E-state index contributed by atoms with van der Waals surface area (Å²) in [5.74, 6) is 0.527. The minimum absolute atomic E-state index is 0.0643. The zero-order chi connectivity index (χ0) is 27.2. The number of hydrogen-bond donors (Lipinski definition) is 1. The fourth-order valence-electron chi connectivity index (χ4n) is 3.43. The number of para-hydroxylation sites is 1. The number of nitrogens with one attached hydrogen (secondary N) is 1. The molecule has 0 bridgehead atoms. The number of ether oxygens (including phenoxy) is 2. The van der Waals surface area contributed by atoms with Gasteiger partial charge >= 0.3 is 0 Å². The van der Waals surface area contributed by atoms with Gasteiger partial charge in [-0.1, -0.05) is 6.07 Å². The summed E-state index contributed by atoms with van der Waals surface area (Å²) >= 11 is 0. The predicted octanol–water partition coefficient (Wildman–Crippen LogP) is 4.11. The summed E-state index contributed by atoms with van der Waals surface area (Å²) in [6.45, 7) is 7.87. The molecule has 1 atom stereocenters. The van der Waals surface area contributed by atoms with Gasteiger partial charge in [0.1, 0.15) is 28.8 Å². The number of rotatable bonds is 10. The quantitative estimate of drug-likeness (QED) is 0.309. The smallest absolute Gasteiger partial charge is 0.243 e. The second-order valence-corrected chi connectivity index (χ2v) is 10.0. The molecule has 37 heavy (non-hydrogen) atoms. The summed E-state index contributed by atoms with van der Waals surface area (Å²) in [6.07, 6.45) is 2.47. The van der Waals surface area contributed by atoms with Crippen LogP contribution in [0, 0.1) is 6.92 Å². The van der Waals surface area contributed by atoms with Crippen LogP contribution in [0.3, 0.4) is 0 Å². The zero-order valence-electron chi connectivity index (χ0n) is 21.1. The molecule has 0 unspecified atom stereocenters. The maximum atomic E-state index is 13.3. The lowest BCUT2D eigenvalue weighted by atomic mass is 10.2. The van der Waals surface area contributed by atoms with Gasteiger partial charge in [0.05, 0.1) is 25.7 Å². The third kappa shape index (κ3) is 6.17. The van der Waals surface area contributed by atoms with Crippen LogP contribution in [0.25, 0.3) is 17.1 Å². The maximum Gasteiger partial charge on any atom is 0.243 e. The first-order chi connectivity index (χ1) is 17.6. The number of benzene rings is 1. The van der Waals surface area contributed by atoms with E-state index in [0.717, 1.165) is 6.20 Å². The van der Waals surface area contributed by atoms with E-state index in [2.05, 4.69) is 36.6 Å². The number of nitrogens with zero attached hydrogens (tertiary/aromatic N) is 6. The Morgan fingerprint density at radius 3 is 2.46 bits per heavy atom. The van der Waals surface area contributed by atoms with Crippen molar-refractivity contribution in [2.24, 2.45) is 9.98 Å². The lowest BCUT2D eigenvalue weighted by Gasteiger charge is -2.19. The Bertz CT molecular complexity index is 1420. The molecule has 1 N–H and O–H groups in total. The lowest BCUT2D eigenvalue weighted by molar-refractivity contribution is 0.391. The highest BCUT2D eigenvalue weighted by Crippen LogP contribution is 2.38. The van der Waals surface area contributed by atoms with Crippen LogP contribution in [0.1, 0.15) is 26.0 Å². The van der Waals surface area contributed by atoms with Gasteiger partial charge in [0, 0.05) is 23.9 Å². The number of anilines is 1. The van der Waals surface area contributed by atoms with Gasteiger partial charge in [-0.15, -0.1) is 10.2 Å². The van der Waals surface area contributed by atoms with E-state index < -0.39 is 21.1 Å². The molecule has 0 saturated heterocycles. The van der Waals surface area contributed by atoms with Crippen LogP contribution in [0.5, 0.6) is 11.5 Å². The second kappa shape index (κ2) is 11.7. The maximum absolute atomic E-state index is 13.3. The predicted molar refractivity (Wildman–Crippen MR) is 141 cm³/mol. The molecule has 1 aromatic carbocycles. The van der Waals surface area contributed by atoms with Crippen molar-refractivity contribution in [2.75, 3.05) is 18.9 Å². The van der Waals surface area contributed by atoms with E-state index in [-0.39, 0.29) is 18.2 Å². The first-order valence-electron chi connectivity index (χ1n) is 11.1. The normalized spacial score (nSPS) is 13.2. The SMILES string of the molecule is C=N/C(C[C@@H](C)S(=O)(=O)Nc1nnc(-c2cccnc2C)n1-c1c(OC)cccc1OC)=N\C=C(/C)F. The molecule has 13 heteroatoms. The van der Waals surface area contributed by atoms with E-state index in [1.54, 1.807) is 43.5 Å². The van der Waals surface area contributed by atoms with Crippen LogP contribution in [-0.4, -0.2) is 60.2 Å². The molecule has 0 spiro atoms. The van der Waals surface area contributed by atoms with Crippen LogP contribution in [0.4, 0.5) is 10.3 Å². The second-order valence-electron chi connectivity index (χ2n) is 7.91. The van der Waals surface area contributed by atoms with E-state index in [0.29, 0.717) is 34.3 Å². The van der Waals surface area contributed by atoms with Gasteiger partial charge in [0.15, 0.2) is 5.82 Å². The van der Waals surface area contributed by atoms with E-state index in [4.69, 9.17) is 9.47 Å². The summed E-state index contributed by atoms with van der Waals surface area (Å²) in [4.78, 5) is 11.9. The molecule has 3 aromatic rings. The molecule has 0 aliphatic rings. The largest absolute Gasteiger partial charge is 0.494 e. The average molecular weight is 530 g/mol. The van der Waals surface area contributed by atoms with Gasteiger partial charge in [-0.05, 0) is 51.8 Å². The standard InChI is InChI=1S/C24H28FN7O4S/c1-15(25)14-28-21(26-4)13-16(2)37(33,34)31-24-30-29-23(18-9-8-12-27-17(18)3)32(24)22-19(35-5)10-7-11-20(22)36-6/h7-12,14,16H,4,13H2,1-3,5-6H3,(H,30,31)/b15-14+,28-21-/t16-/m1/s1. The van der Waals surface area contributed by atoms with Crippen molar-refractivity contribution in [3.05, 3.63) is 54.2 Å². The molecule has 2 aromatic heterocycles. The number of amidine groups is 1. The van der Waals surface area contributed by atoms with Gasteiger partial charge in [-0.3, -0.25) is 14.3 Å². The van der Waals surface area contributed by atoms with Gasteiger partial charge < -0.3 is 9.47 Å². The lowest BCUT2D eigenvalue weighted by Crippen LogP contribution is -2.28. The summed E-state index contributed by atoms with van der Waals surface area (Å²) in [5, 5.41) is 7.39. The molecule has 2 heterocycles. The minimum Gasteiger partial charge on any atom is -0.494 e. The third-order valence-electron chi connectivity index (χ3n) is 5.34. The van der Waals surface area contributed by atoms with Crippen molar-refractivity contribution in [3.63, 3.8) is 0 Å². The first-order valence-corrected chi connectivity index (χ1v) is 12.6. The molecule has 0 saturated carbocycles. The van der Waals surface area contributed by atoms with Crippen LogP contribution in [-0.2, 0) is 10.0 Å². The highest BCUT2D eigenvalue weighted by molar-refractivity contribution is 7.93. The number of hydrogen-bond acceptors (Lipinski definition) is 8. The number of methoxy groups -OCH3 is 2. The number of allylic oxidation sites excluding steroid dienone is 1. The van der Waals surface area contributed by atoms with Gasteiger partial charge in [-0.2, -0.15) is 0 Å². The molecular formula is C24H28FN7O4S. The van der Waals surface area contributed by atoms with Crippen molar-refractivity contribution in [1.29, 1.82) is 0 Å². The molecule has 196 valence electrons. The van der Waals surface area contributed by atoms with Gasteiger partial charge in [-0.25, -0.2) is 22.8 Å². The van der Waals surface area contributed by atoms with E-state index in [1.807, 2.05) is 0 Å². The van der Waals surface area contributed by atoms with E-state index >= 15 is 0 Å². The number of aliphatic imine (C=N–C) groups is 2. The van der Waals surface area contributed by atoms with Crippen LogP contribution in [0.15, 0.2) is 58.5 Å². The van der Waals surface area contributed by atoms with Crippen molar-refractivity contribution < 1.29 is 22.3 Å². The number of halogens is 1. The highest BCUT2D eigenvalue weighted by atomic mass is 32.2. The fourth-order valence-corrected chi connectivity index (χ4v) is 4.38. The summed E-state index contributed by atoms with van der Waals surface area (Å²) in [5.41, 5.74) is 1.67. The molecule has 0 aliphatic carbocycles. The van der Waals surface area contributed by atoms with E-state index in [1.165, 1.54) is 32.6 Å². The van der Waals surface area contributed by atoms with Crippen molar-refractivity contribution in [1.82, 2.24) is 19.7 Å². The van der Waals surface area contributed by atoms with Crippen LogP contribution < -0.4 is 14.2 Å². The third-order valence-corrected chi connectivity index (χ3v) is 7.04. The number of sulfonamides is 1. The zero-order valence-corrected chi connectivity index (χ0v) is 22.0. The number of aromatic nitrogens is 4. The van der Waals surface area contributed by atoms with Crippen molar-refractivity contribution in [3.8, 4) is 28.6 Å². The molecule has 3 rings (SSSR count). The van der Waals surface area contributed by atoms with E-state index in [9.17, 15) is 12.8 Å². The van der Waals surface area contributed by atoms with Gasteiger partial charge in [0.25, 0.3) is 0 Å². The van der Waals surface area contributed by atoms with Gasteiger partial charge in [0.2, 0.25) is 16.0 Å². The Morgan fingerprint density at radius 2 is 1.89 bits per heavy atom. The molecular weight excluding hydrogens is 501 g/mol. The fraction of sp³-hybridized carbons (Fsp3) is 0.292. The Balaban J connectivity index is 2.15. The molecule has 0 aliphatic heterocycles. The number of aryl methyl sites for hydroxylation is 1. The Labute approximate surface area is 214 Å². The van der Waals surface area contributed by atoms with Crippen molar-refractivity contribution >= 4 is 28.5 Å². The Morgan fingerprint density at radius 1 is 1.22 bits per heavy atom. The first kappa shape index (κ1) is 27.5. The Kier molecular flexibility index (Phi) is 8.71. The topological polar surface area (TPSA) is 133 Å². The monoisotopic (exact) mass is 529 g/mol. The summed E-state index contributed by atoms with van der Waals surface area (Å²) < 4.78 is 54.9. The Hall–Kier alpha value is -4.13. The summed E-state index contributed by atoms with van der Waals surface area (Å²) in [6, 6.07) is 8.69. The highest BCUT2D eigenvalue weighted by Gasteiger charge is 2.29. The van der Waals surface area contributed by atoms with Crippen LogP contribution >= 0.6 is 0 Å². The minimum atomic E-state index is -4.06. The number of pyridine rings is 1. The van der Waals surface area contributed by atoms with Crippen molar-refractivity contribution in [2.45, 2.75) is 32.4 Å². The average Bonchev–Trinajstić information content (AvgIpc) is 3.27.